The highest BCUT2D eigenvalue weighted by Gasteiger charge is 2.13. The Labute approximate surface area is 171 Å². The van der Waals surface area contributed by atoms with E-state index in [1.165, 1.54) is 24.3 Å². The second kappa shape index (κ2) is 11.0. The number of hydrogen-bond donors (Lipinski definition) is 2. The number of nitrogens with zero attached hydrogens (tertiary/aromatic N) is 1. The van der Waals surface area contributed by atoms with Crippen molar-refractivity contribution in [3.05, 3.63) is 64.2 Å². The lowest BCUT2D eigenvalue weighted by atomic mass is 10.2. The maximum absolute atomic E-state index is 12.0. The minimum absolute atomic E-state index is 0.0344. The van der Waals surface area contributed by atoms with E-state index in [4.69, 9.17) is 15.2 Å². The van der Waals surface area contributed by atoms with Gasteiger partial charge in [-0.05, 0) is 48.3 Å². The van der Waals surface area contributed by atoms with Gasteiger partial charge in [0, 0.05) is 17.8 Å². The van der Waals surface area contributed by atoms with Gasteiger partial charge in [0.2, 0.25) is 5.91 Å². The molecule has 0 saturated heterocycles. The minimum atomic E-state index is -0.934. The third-order valence-corrected chi connectivity index (χ3v) is 4.44. The van der Waals surface area contributed by atoms with Gasteiger partial charge in [-0.3, -0.25) is 14.9 Å². The van der Waals surface area contributed by atoms with E-state index in [0.29, 0.717) is 17.7 Å². The minimum Gasteiger partial charge on any atom is -0.429 e. The van der Waals surface area contributed by atoms with Crippen molar-refractivity contribution in [1.29, 1.82) is 0 Å². The first-order chi connectivity index (χ1) is 13.9. The zero-order valence-corrected chi connectivity index (χ0v) is 16.5. The number of carbonyl (C=O) groups excluding carboxylic acids is 2. The van der Waals surface area contributed by atoms with Gasteiger partial charge >= 0.3 is 6.16 Å². The number of hydrogen-bond acceptors (Lipinski definition) is 8. The van der Waals surface area contributed by atoms with Crippen LogP contribution in [0.25, 0.3) is 0 Å². The fourth-order valence-electron chi connectivity index (χ4n) is 2.20. The summed E-state index contributed by atoms with van der Waals surface area (Å²) >= 11 is 1.63. The third kappa shape index (κ3) is 7.43. The van der Waals surface area contributed by atoms with Crippen LogP contribution in [0.1, 0.15) is 12.0 Å². The van der Waals surface area contributed by atoms with E-state index in [0.717, 1.165) is 5.75 Å². The Morgan fingerprint density at radius 1 is 1.17 bits per heavy atom. The van der Waals surface area contributed by atoms with Gasteiger partial charge in [0.05, 0.1) is 11.0 Å². The topological polar surface area (TPSA) is 134 Å². The van der Waals surface area contributed by atoms with Crippen LogP contribution in [-0.4, -0.2) is 35.0 Å². The summed E-state index contributed by atoms with van der Waals surface area (Å²) in [5, 5.41) is 13.3. The maximum Gasteiger partial charge on any atom is 0.514 e. The Kier molecular flexibility index (Phi) is 8.44. The molecule has 0 saturated carbocycles. The van der Waals surface area contributed by atoms with E-state index in [-0.39, 0.29) is 24.0 Å². The molecule has 0 radical (unpaired) electrons. The van der Waals surface area contributed by atoms with Crippen LogP contribution in [0.4, 0.5) is 16.2 Å². The number of nitro benzene ring substituents is 1. The van der Waals surface area contributed by atoms with Crippen LogP contribution in [0, 0.1) is 10.1 Å². The van der Waals surface area contributed by atoms with Crippen LogP contribution < -0.4 is 15.8 Å². The number of thioether (sulfide) groups is 1. The average Bonchev–Trinajstić information content (AvgIpc) is 2.71. The number of anilines is 1. The molecule has 154 valence electrons. The van der Waals surface area contributed by atoms with Crippen molar-refractivity contribution in [1.82, 2.24) is 0 Å². The molecule has 10 heteroatoms. The molecule has 0 bridgehead atoms. The predicted molar refractivity (Wildman–Crippen MR) is 110 cm³/mol. The second-order valence-corrected chi connectivity index (χ2v) is 6.95. The molecule has 1 atom stereocenters. The summed E-state index contributed by atoms with van der Waals surface area (Å²) in [4.78, 5) is 33.8. The van der Waals surface area contributed by atoms with Crippen LogP contribution in [0.5, 0.6) is 5.75 Å². The van der Waals surface area contributed by atoms with E-state index in [9.17, 15) is 19.7 Å². The fraction of sp³-hybridized carbons (Fsp3) is 0.263. The lowest BCUT2D eigenvalue weighted by Gasteiger charge is -2.12. The van der Waals surface area contributed by atoms with Crippen molar-refractivity contribution in [2.75, 3.05) is 17.3 Å². The van der Waals surface area contributed by atoms with E-state index < -0.39 is 17.1 Å². The van der Waals surface area contributed by atoms with Crippen LogP contribution in [0.15, 0.2) is 48.5 Å². The van der Waals surface area contributed by atoms with Gasteiger partial charge in [-0.1, -0.05) is 12.1 Å². The first-order valence-electron chi connectivity index (χ1n) is 8.62. The SMILES string of the molecule is CSCC[C@H](N)C(=O)Nc1ccc(COC(=O)Oc2ccc([N+](=O)[O-])cc2)cc1. The first-order valence-corrected chi connectivity index (χ1v) is 10.0. The molecule has 0 heterocycles. The van der Waals surface area contributed by atoms with E-state index in [1.54, 1.807) is 36.0 Å². The van der Waals surface area contributed by atoms with Crippen molar-refractivity contribution in [2.45, 2.75) is 19.1 Å². The van der Waals surface area contributed by atoms with Crippen molar-refractivity contribution in [3.8, 4) is 5.75 Å². The largest absolute Gasteiger partial charge is 0.514 e. The van der Waals surface area contributed by atoms with Gasteiger partial charge in [0.25, 0.3) is 5.69 Å². The van der Waals surface area contributed by atoms with Gasteiger partial charge in [-0.25, -0.2) is 4.79 Å². The van der Waals surface area contributed by atoms with E-state index >= 15 is 0 Å². The Bertz CT molecular complexity index is 842. The highest BCUT2D eigenvalue weighted by atomic mass is 32.2. The molecular weight excluding hydrogens is 398 g/mol. The number of nitrogens with one attached hydrogen (secondary N) is 1. The van der Waals surface area contributed by atoms with Crippen LogP contribution in [0.3, 0.4) is 0 Å². The molecule has 2 aromatic rings. The number of non-ortho nitro benzene ring substituents is 1. The number of benzene rings is 2. The molecule has 2 aromatic carbocycles. The smallest absolute Gasteiger partial charge is 0.429 e. The molecule has 0 aromatic heterocycles. The van der Waals surface area contributed by atoms with Crippen LogP contribution >= 0.6 is 11.8 Å². The molecule has 0 aliphatic heterocycles. The molecule has 0 unspecified atom stereocenters. The maximum atomic E-state index is 12.0. The van der Waals surface area contributed by atoms with E-state index in [2.05, 4.69) is 5.32 Å². The number of ether oxygens (including phenoxy) is 2. The van der Waals surface area contributed by atoms with Gasteiger partial charge in [-0.2, -0.15) is 11.8 Å². The highest BCUT2D eigenvalue weighted by Crippen LogP contribution is 2.18. The van der Waals surface area contributed by atoms with Crippen molar-refractivity contribution >= 4 is 35.2 Å². The van der Waals surface area contributed by atoms with Gasteiger partial charge in [0.15, 0.2) is 0 Å². The number of amides is 1. The molecule has 0 fully saturated rings. The number of carbonyl (C=O) groups is 2. The summed E-state index contributed by atoms with van der Waals surface area (Å²) in [6, 6.07) is 11.2. The van der Waals surface area contributed by atoms with E-state index in [1.807, 2.05) is 6.26 Å². The fourth-order valence-corrected chi connectivity index (χ4v) is 2.69. The molecule has 1 amide bonds. The lowest BCUT2D eigenvalue weighted by Crippen LogP contribution is -2.36. The van der Waals surface area contributed by atoms with Crippen LogP contribution in [-0.2, 0) is 16.1 Å². The second-order valence-electron chi connectivity index (χ2n) is 5.97. The molecular formula is C19H21N3O6S. The first kappa shape index (κ1) is 22.2. The standard InChI is InChI=1S/C19H21N3O6S/c1-29-11-10-17(20)18(23)21-14-4-2-13(3-5-14)12-27-19(24)28-16-8-6-15(7-9-16)22(25)26/h2-9,17H,10-12,20H2,1H3,(H,21,23)/t17-/m0/s1. The molecule has 29 heavy (non-hydrogen) atoms. The van der Waals surface area contributed by atoms with Gasteiger partial charge in [0.1, 0.15) is 12.4 Å². The average molecular weight is 419 g/mol. The van der Waals surface area contributed by atoms with Crippen molar-refractivity contribution in [2.24, 2.45) is 5.73 Å². The Morgan fingerprint density at radius 3 is 2.41 bits per heavy atom. The molecule has 0 aliphatic carbocycles. The summed E-state index contributed by atoms with van der Waals surface area (Å²) in [7, 11) is 0. The van der Waals surface area contributed by atoms with Gasteiger partial charge in [-0.15, -0.1) is 0 Å². The zero-order valence-electron chi connectivity index (χ0n) is 15.7. The van der Waals surface area contributed by atoms with Crippen molar-refractivity contribution < 1.29 is 24.0 Å². The summed E-state index contributed by atoms with van der Waals surface area (Å²) in [6.45, 7) is -0.0344. The summed E-state index contributed by atoms with van der Waals surface area (Å²) < 4.78 is 9.96. The summed E-state index contributed by atoms with van der Waals surface area (Å²) in [5.41, 5.74) is 6.99. The number of nitro groups is 1. The van der Waals surface area contributed by atoms with Gasteiger partial charge < -0.3 is 20.5 Å². The predicted octanol–water partition coefficient (Wildman–Crippen LogP) is 3.33. The normalized spacial score (nSPS) is 11.4. The number of nitrogens with two attached hydrogens (primary N) is 1. The van der Waals surface area contributed by atoms with Crippen molar-refractivity contribution in [3.63, 3.8) is 0 Å². The molecule has 3 N–H and O–H groups in total. The Balaban J connectivity index is 1.79. The quantitative estimate of drug-likeness (QED) is 0.274. The molecule has 0 spiro atoms. The Hall–Kier alpha value is -3.11. The lowest BCUT2D eigenvalue weighted by molar-refractivity contribution is -0.384. The molecule has 2 rings (SSSR count). The number of rotatable bonds is 9. The zero-order chi connectivity index (χ0) is 21.2. The highest BCUT2D eigenvalue weighted by molar-refractivity contribution is 7.98. The summed E-state index contributed by atoms with van der Waals surface area (Å²) in [6.07, 6.45) is 1.61. The monoisotopic (exact) mass is 419 g/mol. The Morgan fingerprint density at radius 2 is 1.83 bits per heavy atom. The third-order valence-electron chi connectivity index (χ3n) is 3.80. The van der Waals surface area contributed by atoms with Crippen LogP contribution in [0.2, 0.25) is 0 Å². The molecule has 0 aliphatic rings. The summed E-state index contributed by atoms with van der Waals surface area (Å²) in [5.74, 6) is 0.687. The molecule has 9 nitrogen and oxygen atoms in total.